The molecule has 3 aliphatic heterocycles. The molecule has 0 unspecified atom stereocenters. The zero-order chi connectivity index (χ0) is 18.4. The van der Waals surface area contributed by atoms with Gasteiger partial charge >= 0.3 is 0 Å². The van der Waals surface area contributed by atoms with Crippen LogP contribution in [-0.4, -0.2) is 58.6 Å². The van der Waals surface area contributed by atoms with Crippen molar-refractivity contribution in [3.8, 4) is 0 Å². The van der Waals surface area contributed by atoms with Crippen LogP contribution in [0.5, 0.6) is 0 Å². The summed E-state index contributed by atoms with van der Waals surface area (Å²) in [5.41, 5.74) is 0. The lowest BCUT2D eigenvalue weighted by Gasteiger charge is -2.40. The zero-order valence-corrected chi connectivity index (χ0v) is 17.7. The van der Waals surface area contributed by atoms with Crippen molar-refractivity contribution < 1.29 is 23.7 Å². The minimum absolute atomic E-state index is 0.124. The predicted molar refractivity (Wildman–Crippen MR) is 104 cm³/mol. The summed E-state index contributed by atoms with van der Waals surface area (Å²) in [7, 11) is -1.05. The fourth-order valence-electron chi connectivity index (χ4n) is 3.81. The van der Waals surface area contributed by atoms with Gasteiger partial charge in [-0.1, -0.05) is 25.7 Å². The molecule has 0 aromatic rings. The first-order chi connectivity index (χ1) is 12.5. The molecule has 0 N–H and O–H groups in total. The summed E-state index contributed by atoms with van der Waals surface area (Å²) in [6.07, 6.45) is 10.6. The maximum Gasteiger partial charge on any atom is 0.158 e. The molecule has 5 atom stereocenters. The van der Waals surface area contributed by atoms with Gasteiger partial charge in [0.1, 0.15) is 12.2 Å². The van der Waals surface area contributed by atoms with Crippen molar-refractivity contribution in [2.45, 2.75) is 94.9 Å². The maximum atomic E-state index is 6.10. The molecule has 6 heteroatoms. The second-order valence-corrected chi connectivity index (χ2v) is 14.5. The van der Waals surface area contributed by atoms with Crippen molar-refractivity contribution in [2.75, 3.05) is 19.8 Å². The van der Waals surface area contributed by atoms with Gasteiger partial charge in [-0.15, -0.1) is 0 Å². The quantitative estimate of drug-likeness (QED) is 0.488. The van der Waals surface area contributed by atoms with Crippen LogP contribution in [0, 0.1) is 0 Å². The largest absolute Gasteiger partial charge is 0.496 e. The van der Waals surface area contributed by atoms with Crippen LogP contribution in [0.4, 0.5) is 0 Å². The summed E-state index contributed by atoms with van der Waals surface area (Å²) in [6, 6.07) is 1.15. The highest BCUT2D eigenvalue weighted by Gasteiger charge is 2.35. The number of fused-ring (bicyclic) bond motifs is 1. The van der Waals surface area contributed by atoms with Crippen molar-refractivity contribution in [1.82, 2.24) is 0 Å². The highest BCUT2D eigenvalue weighted by molar-refractivity contribution is 6.76. The van der Waals surface area contributed by atoms with E-state index in [2.05, 4.69) is 25.7 Å². The van der Waals surface area contributed by atoms with E-state index in [1.54, 1.807) is 0 Å². The highest BCUT2D eigenvalue weighted by Crippen LogP contribution is 2.28. The van der Waals surface area contributed by atoms with Crippen LogP contribution in [0.1, 0.15) is 38.5 Å². The fourth-order valence-corrected chi connectivity index (χ4v) is 4.61. The molecule has 3 aliphatic rings. The molecule has 0 aromatic heterocycles. The van der Waals surface area contributed by atoms with Gasteiger partial charge in [0.25, 0.3) is 0 Å². The van der Waals surface area contributed by atoms with Crippen LogP contribution < -0.4 is 0 Å². The van der Waals surface area contributed by atoms with Crippen LogP contribution in [0.15, 0.2) is 12.3 Å². The first-order valence-corrected chi connectivity index (χ1v) is 14.0. The summed E-state index contributed by atoms with van der Waals surface area (Å²) in [5, 5.41) is 0. The summed E-state index contributed by atoms with van der Waals surface area (Å²) in [5.74, 6) is 0. The van der Waals surface area contributed by atoms with Crippen LogP contribution in [-0.2, 0) is 23.7 Å². The average Bonchev–Trinajstić information content (AvgIpc) is 2.63. The molecule has 0 bridgehead atoms. The summed E-state index contributed by atoms with van der Waals surface area (Å²) in [4.78, 5) is 0. The summed E-state index contributed by atoms with van der Waals surface area (Å²) >= 11 is 0. The third kappa shape index (κ3) is 6.34. The van der Waals surface area contributed by atoms with Gasteiger partial charge in [0.2, 0.25) is 0 Å². The van der Waals surface area contributed by atoms with Crippen molar-refractivity contribution in [2.24, 2.45) is 0 Å². The second-order valence-electron chi connectivity index (χ2n) is 8.93. The van der Waals surface area contributed by atoms with Crippen molar-refractivity contribution in [1.29, 1.82) is 0 Å². The van der Waals surface area contributed by atoms with Gasteiger partial charge in [-0.2, -0.15) is 0 Å². The van der Waals surface area contributed by atoms with Gasteiger partial charge in [-0.3, -0.25) is 0 Å². The Hall–Kier alpha value is -0.403. The zero-order valence-electron chi connectivity index (χ0n) is 16.7. The third-order valence-corrected chi connectivity index (χ3v) is 6.76. The molecule has 0 saturated carbocycles. The first-order valence-electron chi connectivity index (χ1n) is 10.3. The molecule has 26 heavy (non-hydrogen) atoms. The van der Waals surface area contributed by atoms with Gasteiger partial charge in [0, 0.05) is 27.7 Å². The normalized spacial score (nSPS) is 36.0. The second kappa shape index (κ2) is 9.69. The smallest absolute Gasteiger partial charge is 0.158 e. The average molecular weight is 385 g/mol. The highest BCUT2D eigenvalue weighted by atomic mass is 28.3. The molecular formula is C20H36O5Si. The minimum Gasteiger partial charge on any atom is -0.496 e. The van der Waals surface area contributed by atoms with Gasteiger partial charge < -0.3 is 23.7 Å². The van der Waals surface area contributed by atoms with E-state index in [1.165, 1.54) is 0 Å². The van der Waals surface area contributed by atoms with Crippen molar-refractivity contribution in [3.63, 3.8) is 0 Å². The molecule has 150 valence electrons. The van der Waals surface area contributed by atoms with E-state index < -0.39 is 8.07 Å². The third-order valence-electron chi connectivity index (χ3n) is 5.30. The van der Waals surface area contributed by atoms with Gasteiger partial charge in [0.05, 0.1) is 25.1 Å². The van der Waals surface area contributed by atoms with Gasteiger partial charge in [-0.25, -0.2) is 0 Å². The van der Waals surface area contributed by atoms with Crippen LogP contribution in [0.25, 0.3) is 0 Å². The monoisotopic (exact) mass is 384 g/mol. The summed E-state index contributed by atoms with van der Waals surface area (Å²) in [6.45, 7) is 9.43. The van der Waals surface area contributed by atoms with Crippen LogP contribution in [0.2, 0.25) is 25.7 Å². The topological polar surface area (TPSA) is 46.2 Å². The molecule has 3 rings (SSSR count). The lowest BCUT2D eigenvalue weighted by Crippen LogP contribution is -2.48. The van der Waals surface area contributed by atoms with Crippen molar-refractivity contribution in [3.05, 3.63) is 12.3 Å². The van der Waals surface area contributed by atoms with E-state index in [4.69, 9.17) is 23.7 Å². The Labute approximate surface area is 159 Å². The Balaban J connectivity index is 1.42. The number of rotatable bonds is 7. The minimum atomic E-state index is -1.05. The summed E-state index contributed by atoms with van der Waals surface area (Å²) < 4.78 is 29.7. The molecule has 5 nitrogen and oxygen atoms in total. The van der Waals surface area contributed by atoms with Gasteiger partial charge in [0.15, 0.2) is 6.29 Å². The first kappa shape index (κ1) is 20.3. The van der Waals surface area contributed by atoms with E-state index >= 15 is 0 Å². The fraction of sp³-hybridized carbons (Fsp3) is 0.900. The number of allylic oxidation sites excluding steroid dienone is 1. The molecule has 3 heterocycles. The SMILES string of the molecule is C[Si](C)(C)C/C=C\O[C@H]1CCCO[C@@H]1CC[C@H]1OC[C@@H]2OCCC[C@H]2O1. The molecule has 0 amide bonds. The molecule has 0 spiro atoms. The number of ether oxygens (including phenoxy) is 5. The molecule has 0 radical (unpaired) electrons. The van der Waals surface area contributed by atoms with E-state index in [1.807, 2.05) is 6.26 Å². The van der Waals surface area contributed by atoms with E-state index in [9.17, 15) is 0 Å². The lowest BCUT2D eigenvalue weighted by molar-refractivity contribution is -0.276. The molecule has 3 fully saturated rings. The predicted octanol–water partition coefficient (Wildman–Crippen LogP) is 4.10. The van der Waals surface area contributed by atoms with Crippen molar-refractivity contribution >= 4 is 8.07 Å². The molecular weight excluding hydrogens is 348 g/mol. The number of hydrogen-bond donors (Lipinski definition) is 0. The Bertz CT molecular complexity index is 450. The van der Waals surface area contributed by atoms with Crippen LogP contribution in [0.3, 0.4) is 0 Å². The standard InChI is InChI=1S/C20H36O5Si/c1-26(2,3)14-6-13-22-16-7-4-11-21-17(16)9-10-20-24-15-19-18(25-20)8-5-12-23-19/h6,13,16-20H,4-5,7-12,14-15H2,1-3H3/b13-6-/t16-,17+,18+,19-,20-/m0/s1. The maximum absolute atomic E-state index is 6.10. The van der Waals surface area contributed by atoms with E-state index in [0.717, 1.165) is 57.8 Å². The molecule has 3 saturated heterocycles. The number of hydrogen-bond acceptors (Lipinski definition) is 5. The van der Waals surface area contributed by atoms with Gasteiger partial charge in [-0.05, 0) is 38.1 Å². The Morgan fingerprint density at radius 2 is 1.77 bits per heavy atom. The molecule has 0 aromatic carbocycles. The lowest BCUT2D eigenvalue weighted by atomic mass is 10.0. The Morgan fingerprint density at radius 3 is 2.62 bits per heavy atom. The Kier molecular flexibility index (Phi) is 7.58. The Morgan fingerprint density at radius 1 is 0.962 bits per heavy atom. The molecule has 0 aliphatic carbocycles. The van der Waals surface area contributed by atoms with E-state index in [-0.39, 0.29) is 30.7 Å². The van der Waals surface area contributed by atoms with E-state index in [0.29, 0.717) is 6.61 Å². The van der Waals surface area contributed by atoms with Crippen LogP contribution >= 0.6 is 0 Å².